The quantitative estimate of drug-likeness (QED) is 0.798. The van der Waals surface area contributed by atoms with E-state index in [9.17, 15) is 4.79 Å². The molecule has 2 rings (SSSR count). The summed E-state index contributed by atoms with van der Waals surface area (Å²) < 4.78 is 1.38. The molecule has 1 heterocycles. The van der Waals surface area contributed by atoms with Crippen molar-refractivity contribution in [1.29, 1.82) is 0 Å². The van der Waals surface area contributed by atoms with E-state index in [0.717, 1.165) is 12.2 Å². The zero-order chi connectivity index (χ0) is 10.7. The molecule has 0 unspecified atom stereocenters. The summed E-state index contributed by atoms with van der Waals surface area (Å²) >= 11 is 0. The van der Waals surface area contributed by atoms with Crippen LogP contribution in [0.15, 0.2) is 16.9 Å². The van der Waals surface area contributed by atoms with Gasteiger partial charge in [0.1, 0.15) is 0 Å². The molecule has 0 atom stereocenters. The second kappa shape index (κ2) is 4.57. The van der Waals surface area contributed by atoms with Gasteiger partial charge in [0.15, 0.2) is 0 Å². The van der Waals surface area contributed by atoms with Crippen LogP contribution in [-0.2, 0) is 13.6 Å². The van der Waals surface area contributed by atoms with Crippen molar-refractivity contribution in [3.63, 3.8) is 0 Å². The second-order valence-corrected chi connectivity index (χ2v) is 4.15. The van der Waals surface area contributed by atoms with Crippen LogP contribution in [0.25, 0.3) is 0 Å². The van der Waals surface area contributed by atoms with Crippen LogP contribution in [0.4, 0.5) is 0 Å². The van der Waals surface area contributed by atoms with Crippen molar-refractivity contribution in [1.82, 2.24) is 15.1 Å². The molecule has 0 aromatic carbocycles. The molecule has 0 aliphatic heterocycles. The van der Waals surface area contributed by atoms with E-state index in [1.807, 2.05) is 0 Å². The van der Waals surface area contributed by atoms with Gasteiger partial charge in [-0.05, 0) is 18.9 Å². The molecule has 1 aliphatic rings. The minimum absolute atomic E-state index is 0.0559. The van der Waals surface area contributed by atoms with E-state index in [0.29, 0.717) is 6.04 Å². The molecule has 1 saturated carbocycles. The lowest BCUT2D eigenvalue weighted by Gasteiger charge is -2.11. The van der Waals surface area contributed by atoms with Crippen LogP contribution < -0.4 is 10.9 Å². The summed E-state index contributed by atoms with van der Waals surface area (Å²) in [6, 6.07) is 4.01. The zero-order valence-electron chi connectivity index (χ0n) is 9.07. The van der Waals surface area contributed by atoms with Crippen molar-refractivity contribution >= 4 is 0 Å². The molecule has 4 nitrogen and oxygen atoms in total. The van der Waals surface area contributed by atoms with Gasteiger partial charge in [-0.3, -0.25) is 4.79 Å². The van der Waals surface area contributed by atoms with Crippen LogP contribution in [0.1, 0.15) is 31.4 Å². The van der Waals surface area contributed by atoms with E-state index in [-0.39, 0.29) is 5.56 Å². The maximum atomic E-state index is 11.1. The third kappa shape index (κ3) is 2.65. The standard InChI is InChI=1S/C11H17N3O/c1-14-11(15)7-6-10(13-14)8-12-9-4-2-3-5-9/h6-7,9,12H,2-5,8H2,1H3. The number of nitrogens with one attached hydrogen (secondary N) is 1. The van der Waals surface area contributed by atoms with Crippen LogP contribution in [0.2, 0.25) is 0 Å². The fraction of sp³-hybridized carbons (Fsp3) is 0.636. The Morgan fingerprint density at radius 1 is 1.47 bits per heavy atom. The summed E-state index contributed by atoms with van der Waals surface area (Å²) in [6.45, 7) is 0.763. The van der Waals surface area contributed by atoms with Gasteiger partial charge in [-0.1, -0.05) is 12.8 Å². The minimum Gasteiger partial charge on any atom is -0.308 e. The van der Waals surface area contributed by atoms with Gasteiger partial charge in [0, 0.05) is 25.7 Å². The molecule has 82 valence electrons. The van der Waals surface area contributed by atoms with E-state index in [2.05, 4.69) is 10.4 Å². The smallest absolute Gasteiger partial charge is 0.266 e. The minimum atomic E-state index is -0.0559. The first-order valence-electron chi connectivity index (χ1n) is 5.52. The third-order valence-corrected chi connectivity index (χ3v) is 2.94. The Hall–Kier alpha value is -1.16. The molecule has 1 N–H and O–H groups in total. The summed E-state index contributed by atoms with van der Waals surface area (Å²) in [5.41, 5.74) is 0.878. The lowest BCUT2D eigenvalue weighted by molar-refractivity contribution is 0.510. The highest BCUT2D eigenvalue weighted by atomic mass is 16.1. The number of aromatic nitrogens is 2. The highest BCUT2D eigenvalue weighted by molar-refractivity contribution is 5.00. The second-order valence-electron chi connectivity index (χ2n) is 4.15. The highest BCUT2D eigenvalue weighted by Gasteiger charge is 2.13. The molecule has 1 fully saturated rings. The van der Waals surface area contributed by atoms with Gasteiger partial charge in [-0.15, -0.1) is 0 Å². The Morgan fingerprint density at radius 2 is 2.20 bits per heavy atom. The average molecular weight is 207 g/mol. The average Bonchev–Trinajstić information content (AvgIpc) is 2.73. The topological polar surface area (TPSA) is 46.9 Å². The van der Waals surface area contributed by atoms with Crippen LogP contribution in [0, 0.1) is 0 Å². The van der Waals surface area contributed by atoms with Gasteiger partial charge < -0.3 is 5.32 Å². The molecule has 0 saturated heterocycles. The Bertz CT molecular complexity index is 380. The molecule has 0 amide bonds. The SMILES string of the molecule is Cn1nc(CNC2CCCC2)ccc1=O. The Morgan fingerprint density at radius 3 is 2.87 bits per heavy atom. The molecule has 1 aromatic rings. The number of hydrogen-bond acceptors (Lipinski definition) is 3. The largest absolute Gasteiger partial charge is 0.308 e. The van der Waals surface area contributed by atoms with Gasteiger partial charge in [0.25, 0.3) is 5.56 Å². The van der Waals surface area contributed by atoms with Crippen LogP contribution in [0.5, 0.6) is 0 Å². The van der Waals surface area contributed by atoms with Crippen molar-refractivity contribution in [3.8, 4) is 0 Å². The van der Waals surface area contributed by atoms with E-state index in [1.54, 1.807) is 19.2 Å². The number of aryl methyl sites for hydroxylation is 1. The van der Waals surface area contributed by atoms with Crippen molar-refractivity contribution in [2.24, 2.45) is 7.05 Å². The molecular weight excluding hydrogens is 190 g/mol. The van der Waals surface area contributed by atoms with Gasteiger partial charge >= 0.3 is 0 Å². The van der Waals surface area contributed by atoms with E-state index >= 15 is 0 Å². The maximum absolute atomic E-state index is 11.1. The maximum Gasteiger partial charge on any atom is 0.266 e. The van der Waals surface area contributed by atoms with Crippen molar-refractivity contribution in [2.45, 2.75) is 38.3 Å². The van der Waals surface area contributed by atoms with Gasteiger partial charge in [-0.2, -0.15) is 5.10 Å². The van der Waals surface area contributed by atoms with E-state index < -0.39 is 0 Å². The highest BCUT2D eigenvalue weighted by Crippen LogP contribution is 2.17. The molecular formula is C11H17N3O. The zero-order valence-corrected chi connectivity index (χ0v) is 9.07. The predicted octanol–water partition coefficient (Wildman–Crippen LogP) is 0.812. The molecule has 0 radical (unpaired) electrons. The Balaban J connectivity index is 1.92. The summed E-state index contributed by atoms with van der Waals surface area (Å²) in [7, 11) is 1.68. The van der Waals surface area contributed by atoms with Crippen molar-refractivity contribution in [2.75, 3.05) is 0 Å². The molecule has 0 bridgehead atoms. The van der Waals surface area contributed by atoms with Crippen molar-refractivity contribution < 1.29 is 0 Å². The van der Waals surface area contributed by atoms with Crippen LogP contribution in [-0.4, -0.2) is 15.8 Å². The fourth-order valence-electron chi connectivity index (χ4n) is 2.02. The van der Waals surface area contributed by atoms with Gasteiger partial charge in [0.2, 0.25) is 0 Å². The summed E-state index contributed by atoms with van der Waals surface area (Å²) in [4.78, 5) is 11.1. The predicted molar refractivity (Wildman–Crippen MR) is 58.6 cm³/mol. The lowest BCUT2D eigenvalue weighted by atomic mass is 10.2. The molecule has 0 spiro atoms. The number of rotatable bonds is 3. The Labute approximate surface area is 89.3 Å². The van der Waals surface area contributed by atoms with Gasteiger partial charge in [-0.25, -0.2) is 4.68 Å². The molecule has 1 aliphatic carbocycles. The first-order chi connectivity index (χ1) is 7.25. The third-order valence-electron chi connectivity index (χ3n) is 2.94. The van der Waals surface area contributed by atoms with Crippen LogP contribution >= 0.6 is 0 Å². The van der Waals surface area contributed by atoms with Crippen LogP contribution in [0.3, 0.4) is 0 Å². The molecule has 15 heavy (non-hydrogen) atoms. The number of nitrogens with zero attached hydrogens (tertiary/aromatic N) is 2. The number of hydrogen-bond donors (Lipinski definition) is 1. The molecule has 1 aromatic heterocycles. The normalized spacial score (nSPS) is 17.1. The molecule has 4 heteroatoms. The van der Waals surface area contributed by atoms with Crippen molar-refractivity contribution in [3.05, 3.63) is 28.2 Å². The Kier molecular flexibility index (Phi) is 3.16. The van der Waals surface area contributed by atoms with Gasteiger partial charge in [0.05, 0.1) is 5.69 Å². The van der Waals surface area contributed by atoms with E-state index in [1.165, 1.54) is 30.4 Å². The lowest BCUT2D eigenvalue weighted by Crippen LogP contribution is -2.27. The summed E-state index contributed by atoms with van der Waals surface area (Å²) in [5.74, 6) is 0. The fourth-order valence-corrected chi connectivity index (χ4v) is 2.02. The first-order valence-corrected chi connectivity index (χ1v) is 5.52. The first kappa shape index (κ1) is 10.4. The monoisotopic (exact) mass is 207 g/mol. The summed E-state index contributed by atoms with van der Waals surface area (Å²) in [6.07, 6.45) is 5.20. The van der Waals surface area contributed by atoms with E-state index in [4.69, 9.17) is 0 Å². The summed E-state index contributed by atoms with van der Waals surface area (Å²) in [5, 5.41) is 7.64.